The molecule has 0 aromatic heterocycles. The summed E-state index contributed by atoms with van der Waals surface area (Å²) in [5, 5.41) is 12.8. The lowest BCUT2D eigenvalue weighted by Crippen LogP contribution is -2.52. The van der Waals surface area contributed by atoms with Crippen LogP contribution >= 0.6 is 0 Å². The van der Waals surface area contributed by atoms with Gasteiger partial charge < -0.3 is 10.4 Å². The van der Waals surface area contributed by atoms with Crippen LogP contribution in [0.5, 0.6) is 0 Å². The second-order valence-electron chi connectivity index (χ2n) is 5.48. The molecule has 0 spiro atoms. The summed E-state index contributed by atoms with van der Waals surface area (Å²) < 4.78 is 0. The van der Waals surface area contributed by atoms with Crippen LogP contribution in [0.1, 0.15) is 39.5 Å². The minimum Gasteiger partial charge on any atom is -0.393 e. The Morgan fingerprint density at radius 2 is 2.08 bits per heavy atom. The van der Waals surface area contributed by atoms with Crippen molar-refractivity contribution in [1.29, 1.82) is 0 Å². The molecule has 0 bridgehead atoms. The summed E-state index contributed by atoms with van der Waals surface area (Å²) >= 11 is 0. The molecule has 76 valence electrons. The first-order valence-electron chi connectivity index (χ1n) is 5.49. The molecule has 0 radical (unpaired) electrons. The summed E-state index contributed by atoms with van der Waals surface area (Å²) in [4.78, 5) is 0. The molecule has 2 aliphatic rings. The van der Waals surface area contributed by atoms with Crippen molar-refractivity contribution in [2.45, 2.75) is 51.7 Å². The third-order valence-electron chi connectivity index (χ3n) is 3.88. The van der Waals surface area contributed by atoms with Gasteiger partial charge in [0.15, 0.2) is 0 Å². The molecule has 0 aliphatic heterocycles. The van der Waals surface area contributed by atoms with E-state index in [4.69, 9.17) is 5.11 Å². The summed E-state index contributed by atoms with van der Waals surface area (Å²) in [5.74, 6) is 0.742. The number of aliphatic hydroxyl groups excluding tert-OH is 1. The van der Waals surface area contributed by atoms with Crippen LogP contribution in [0.4, 0.5) is 0 Å². The molecule has 2 heteroatoms. The van der Waals surface area contributed by atoms with Gasteiger partial charge in [-0.05, 0) is 43.6 Å². The minimum atomic E-state index is 0.00111. The number of nitrogens with one attached hydrogen (secondary N) is 1. The highest BCUT2D eigenvalue weighted by atomic mass is 16.3. The average molecular weight is 183 g/mol. The Kier molecular flexibility index (Phi) is 2.37. The predicted octanol–water partition coefficient (Wildman–Crippen LogP) is 1.54. The van der Waals surface area contributed by atoms with Gasteiger partial charge in [0, 0.05) is 6.04 Å². The topological polar surface area (TPSA) is 32.3 Å². The van der Waals surface area contributed by atoms with Gasteiger partial charge in [0.2, 0.25) is 0 Å². The Labute approximate surface area is 80.7 Å². The van der Waals surface area contributed by atoms with E-state index in [1.807, 2.05) is 0 Å². The van der Waals surface area contributed by atoms with Gasteiger partial charge in [-0.1, -0.05) is 13.8 Å². The third kappa shape index (κ3) is 1.89. The second kappa shape index (κ2) is 3.25. The van der Waals surface area contributed by atoms with Gasteiger partial charge in [-0.3, -0.25) is 0 Å². The van der Waals surface area contributed by atoms with Gasteiger partial charge >= 0.3 is 0 Å². The molecule has 0 amide bonds. The molecule has 0 aromatic carbocycles. The lowest BCUT2D eigenvalue weighted by atomic mass is 9.67. The van der Waals surface area contributed by atoms with Crippen molar-refractivity contribution in [1.82, 2.24) is 5.32 Å². The molecule has 2 N–H and O–H groups in total. The summed E-state index contributed by atoms with van der Waals surface area (Å²) in [6.45, 7) is 5.79. The summed E-state index contributed by atoms with van der Waals surface area (Å²) in [5.41, 5.74) is 0.516. The van der Waals surface area contributed by atoms with Gasteiger partial charge in [-0.25, -0.2) is 0 Å². The van der Waals surface area contributed by atoms with Crippen LogP contribution in [0.2, 0.25) is 0 Å². The van der Waals surface area contributed by atoms with Crippen molar-refractivity contribution >= 4 is 0 Å². The van der Waals surface area contributed by atoms with E-state index in [1.54, 1.807) is 0 Å². The molecule has 2 fully saturated rings. The maximum Gasteiger partial charge on any atom is 0.0546 e. The fraction of sp³-hybridized carbons (Fsp3) is 1.00. The molecule has 2 nitrogen and oxygen atoms in total. The minimum absolute atomic E-state index is 0.00111. The molecule has 2 aliphatic carbocycles. The van der Waals surface area contributed by atoms with Crippen LogP contribution in [-0.2, 0) is 0 Å². The van der Waals surface area contributed by atoms with Crippen LogP contribution < -0.4 is 5.32 Å². The predicted molar refractivity (Wildman–Crippen MR) is 53.5 cm³/mol. The SMILES string of the molecule is CC1(C)CCC1NCC1CC(O)C1. The first-order valence-corrected chi connectivity index (χ1v) is 5.49. The van der Waals surface area contributed by atoms with Crippen LogP contribution in [0, 0.1) is 11.3 Å². The summed E-state index contributed by atoms with van der Waals surface area (Å²) in [7, 11) is 0. The Hall–Kier alpha value is -0.0800. The van der Waals surface area contributed by atoms with Gasteiger partial charge in [-0.15, -0.1) is 0 Å². The summed E-state index contributed by atoms with van der Waals surface area (Å²) in [6.07, 6.45) is 4.72. The Bertz CT molecular complexity index is 185. The van der Waals surface area contributed by atoms with Crippen molar-refractivity contribution in [3.05, 3.63) is 0 Å². The Morgan fingerprint density at radius 3 is 2.46 bits per heavy atom. The zero-order valence-corrected chi connectivity index (χ0v) is 8.71. The zero-order valence-electron chi connectivity index (χ0n) is 8.71. The van der Waals surface area contributed by atoms with E-state index < -0.39 is 0 Å². The van der Waals surface area contributed by atoms with E-state index in [2.05, 4.69) is 19.2 Å². The quantitative estimate of drug-likeness (QED) is 0.695. The highest BCUT2D eigenvalue weighted by Crippen LogP contribution is 2.40. The van der Waals surface area contributed by atoms with Crippen LogP contribution in [0.3, 0.4) is 0 Å². The number of hydrogen-bond donors (Lipinski definition) is 2. The number of rotatable bonds is 3. The van der Waals surface area contributed by atoms with Crippen molar-refractivity contribution in [3.63, 3.8) is 0 Å². The largest absolute Gasteiger partial charge is 0.393 e. The van der Waals surface area contributed by atoms with E-state index in [1.165, 1.54) is 12.8 Å². The van der Waals surface area contributed by atoms with Crippen molar-refractivity contribution in [2.24, 2.45) is 11.3 Å². The highest BCUT2D eigenvalue weighted by Gasteiger charge is 2.38. The van der Waals surface area contributed by atoms with Crippen molar-refractivity contribution < 1.29 is 5.11 Å². The molecule has 2 rings (SSSR count). The maximum atomic E-state index is 9.13. The molecule has 0 saturated heterocycles. The lowest BCUT2D eigenvalue weighted by molar-refractivity contribution is 0.0314. The average Bonchev–Trinajstić information content (AvgIpc) is 1.99. The fourth-order valence-corrected chi connectivity index (χ4v) is 2.42. The lowest BCUT2D eigenvalue weighted by Gasteiger charge is -2.46. The molecule has 1 unspecified atom stereocenters. The van der Waals surface area contributed by atoms with Crippen LogP contribution in [-0.4, -0.2) is 23.8 Å². The van der Waals surface area contributed by atoms with E-state index in [0.29, 0.717) is 5.41 Å². The van der Waals surface area contributed by atoms with E-state index in [0.717, 1.165) is 31.3 Å². The maximum absolute atomic E-state index is 9.13. The molecule has 13 heavy (non-hydrogen) atoms. The van der Waals surface area contributed by atoms with Crippen molar-refractivity contribution in [3.8, 4) is 0 Å². The summed E-state index contributed by atoms with van der Waals surface area (Å²) in [6, 6.07) is 0.727. The smallest absolute Gasteiger partial charge is 0.0546 e. The van der Waals surface area contributed by atoms with Gasteiger partial charge in [0.1, 0.15) is 0 Å². The van der Waals surface area contributed by atoms with E-state index in [-0.39, 0.29) is 6.10 Å². The standard InChI is InChI=1S/C11H21NO/c1-11(2)4-3-10(11)12-7-8-5-9(13)6-8/h8-10,12-13H,3-7H2,1-2H3. The molecule has 0 heterocycles. The van der Waals surface area contributed by atoms with Crippen molar-refractivity contribution in [2.75, 3.05) is 6.54 Å². The van der Waals surface area contributed by atoms with Gasteiger partial charge in [-0.2, -0.15) is 0 Å². The Balaban J connectivity index is 1.63. The molecule has 2 saturated carbocycles. The van der Waals surface area contributed by atoms with Crippen LogP contribution in [0.25, 0.3) is 0 Å². The first kappa shape index (κ1) is 9.47. The van der Waals surface area contributed by atoms with E-state index >= 15 is 0 Å². The van der Waals surface area contributed by atoms with Crippen LogP contribution in [0.15, 0.2) is 0 Å². The highest BCUT2D eigenvalue weighted by molar-refractivity contribution is 4.95. The van der Waals surface area contributed by atoms with E-state index in [9.17, 15) is 0 Å². The monoisotopic (exact) mass is 183 g/mol. The Morgan fingerprint density at radius 1 is 1.38 bits per heavy atom. The van der Waals surface area contributed by atoms with Gasteiger partial charge in [0.05, 0.1) is 6.10 Å². The number of hydrogen-bond acceptors (Lipinski definition) is 2. The first-order chi connectivity index (χ1) is 6.08. The zero-order chi connectivity index (χ0) is 9.47. The second-order valence-corrected chi connectivity index (χ2v) is 5.48. The molecular weight excluding hydrogens is 162 g/mol. The fourth-order valence-electron chi connectivity index (χ4n) is 2.42. The third-order valence-corrected chi connectivity index (χ3v) is 3.88. The molecule has 0 aromatic rings. The molecule has 1 atom stereocenters. The normalized spacial score (nSPS) is 42.2. The van der Waals surface area contributed by atoms with Gasteiger partial charge in [0.25, 0.3) is 0 Å². The number of aliphatic hydroxyl groups is 1. The molecular formula is C11H21NO.